The Morgan fingerprint density at radius 3 is 2.50 bits per heavy atom. The Morgan fingerprint density at radius 2 is 2.06 bits per heavy atom. The monoisotopic (exact) mass is 277 g/mol. The zero-order valence-electron chi connectivity index (χ0n) is 11.1. The predicted molar refractivity (Wildman–Crippen MR) is 71.9 cm³/mol. The van der Waals surface area contributed by atoms with Gasteiger partial charge in [-0.25, -0.2) is 8.42 Å². The second kappa shape index (κ2) is 8.26. The topological polar surface area (TPSA) is 74.7 Å². The molecule has 0 aromatic heterocycles. The van der Waals surface area contributed by atoms with E-state index in [0.717, 1.165) is 17.1 Å². The minimum absolute atomic E-state index is 0.00914. The molecule has 0 spiro atoms. The van der Waals surface area contributed by atoms with E-state index in [1.54, 1.807) is 6.08 Å². The lowest BCUT2D eigenvalue weighted by Crippen LogP contribution is -2.43. The molecule has 0 aliphatic rings. The summed E-state index contributed by atoms with van der Waals surface area (Å²) in [5.41, 5.74) is 0. The first-order valence-electron chi connectivity index (χ1n) is 6.16. The Hall–Kier alpha value is -0.880. The molecule has 0 aromatic rings. The summed E-state index contributed by atoms with van der Waals surface area (Å²) in [6.45, 7) is 5.50. The fourth-order valence-corrected chi connectivity index (χ4v) is 3.05. The van der Waals surface area contributed by atoms with Gasteiger partial charge in [-0.2, -0.15) is 4.31 Å². The molecule has 0 unspecified atom stereocenters. The maximum absolute atomic E-state index is 12.0. The van der Waals surface area contributed by atoms with E-state index in [1.165, 1.54) is 7.05 Å². The van der Waals surface area contributed by atoms with Crippen LogP contribution < -0.4 is 0 Å². The normalized spacial score (nSPS) is 13.5. The molecule has 5 nitrogen and oxygen atoms in total. The standard InChI is InChI=1S/C12H23NO4S/c1-4-6-8-10-18(16,17)13(3)11(12(14)15)9-7-5-2/h5,11H,2,4,6-10H2,1,3H3,(H,14,15)/t11-/m0/s1. The first-order valence-corrected chi connectivity index (χ1v) is 7.77. The number of sulfonamides is 1. The number of unbranched alkanes of at least 4 members (excludes halogenated alkanes) is 2. The Labute approximate surface area is 110 Å². The smallest absolute Gasteiger partial charge is 0.322 e. The molecule has 0 rings (SSSR count). The van der Waals surface area contributed by atoms with Crippen molar-refractivity contribution >= 4 is 16.0 Å². The van der Waals surface area contributed by atoms with Gasteiger partial charge in [0.1, 0.15) is 6.04 Å². The number of carbonyl (C=O) groups is 1. The van der Waals surface area contributed by atoms with Crippen molar-refractivity contribution < 1.29 is 18.3 Å². The maximum Gasteiger partial charge on any atom is 0.322 e. The van der Waals surface area contributed by atoms with Crippen LogP contribution in [0.2, 0.25) is 0 Å². The molecule has 0 aromatic carbocycles. The maximum atomic E-state index is 12.0. The number of hydrogen-bond acceptors (Lipinski definition) is 3. The first-order chi connectivity index (χ1) is 8.36. The van der Waals surface area contributed by atoms with E-state index in [0.29, 0.717) is 12.8 Å². The van der Waals surface area contributed by atoms with Crippen LogP contribution in [-0.2, 0) is 14.8 Å². The van der Waals surface area contributed by atoms with Gasteiger partial charge in [0.25, 0.3) is 0 Å². The number of rotatable bonds is 10. The number of allylic oxidation sites excluding steroid dienone is 1. The van der Waals surface area contributed by atoms with Gasteiger partial charge in [0, 0.05) is 7.05 Å². The Bertz CT molecular complexity index is 364. The van der Waals surface area contributed by atoms with Crippen LogP contribution in [0, 0.1) is 0 Å². The summed E-state index contributed by atoms with van der Waals surface area (Å²) < 4.78 is 24.9. The Balaban J connectivity index is 4.67. The zero-order valence-corrected chi connectivity index (χ0v) is 11.9. The fourth-order valence-electron chi connectivity index (χ4n) is 1.61. The third-order valence-electron chi connectivity index (χ3n) is 2.81. The van der Waals surface area contributed by atoms with Crippen molar-refractivity contribution in [3.8, 4) is 0 Å². The molecule has 0 aliphatic heterocycles. The second-order valence-electron chi connectivity index (χ2n) is 4.26. The highest BCUT2D eigenvalue weighted by atomic mass is 32.2. The number of hydrogen-bond donors (Lipinski definition) is 1. The number of nitrogens with zero attached hydrogens (tertiary/aromatic N) is 1. The summed E-state index contributed by atoms with van der Waals surface area (Å²) in [4.78, 5) is 11.1. The minimum Gasteiger partial charge on any atom is -0.480 e. The molecule has 0 radical (unpaired) electrons. The fraction of sp³-hybridized carbons (Fsp3) is 0.750. The quantitative estimate of drug-likeness (QED) is 0.488. The summed E-state index contributed by atoms with van der Waals surface area (Å²) in [7, 11) is -2.15. The van der Waals surface area contributed by atoms with Gasteiger partial charge in [0.2, 0.25) is 10.0 Å². The van der Waals surface area contributed by atoms with E-state index in [4.69, 9.17) is 5.11 Å². The Morgan fingerprint density at radius 1 is 1.44 bits per heavy atom. The van der Waals surface area contributed by atoms with E-state index in [2.05, 4.69) is 6.58 Å². The lowest BCUT2D eigenvalue weighted by molar-refractivity contribution is -0.141. The van der Waals surface area contributed by atoms with Gasteiger partial charge < -0.3 is 5.11 Å². The minimum atomic E-state index is -3.49. The van der Waals surface area contributed by atoms with Crippen LogP contribution >= 0.6 is 0 Å². The molecule has 1 atom stereocenters. The molecule has 18 heavy (non-hydrogen) atoms. The third kappa shape index (κ3) is 5.64. The van der Waals surface area contributed by atoms with E-state index < -0.39 is 22.0 Å². The van der Waals surface area contributed by atoms with Gasteiger partial charge in [0.15, 0.2) is 0 Å². The van der Waals surface area contributed by atoms with Gasteiger partial charge in [-0.05, 0) is 19.3 Å². The van der Waals surface area contributed by atoms with Crippen LogP contribution in [0.15, 0.2) is 12.7 Å². The highest BCUT2D eigenvalue weighted by molar-refractivity contribution is 7.89. The molecule has 0 heterocycles. The summed E-state index contributed by atoms with van der Waals surface area (Å²) in [6.07, 6.45) is 4.65. The van der Waals surface area contributed by atoms with Crippen LogP contribution in [0.25, 0.3) is 0 Å². The second-order valence-corrected chi connectivity index (χ2v) is 6.41. The van der Waals surface area contributed by atoms with E-state index in [9.17, 15) is 13.2 Å². The van der Waals surface area contributed by atoms with E-state index in [-0.39, 0.29) is 12.2 Å². The highest BCUT2D eigenvalue weighted by Crippen LogP contribution is 2.13. The van der Waals surface area contributed by atoms with Crippen molar-refractivity contribution in [3.63, 3.8) is 0 Å². The molecule has 0 aliphatic carbocycles. The molecule has 0 bridgehead atoms. The van der Waals surface area contributed by atoms with Crippen LogP contribution in [-0.4, -0.2) is 42.6 Å². The highest BCUT2D eigenvalue weighted by Gasteiger charge is 2.30. The van der Waals surface area contributed by atoms with Crippen molar-refractivity contribution in [2.75, 3.05) is 12.8 Å². The zero-order chi connectivity index (χ0) is 14.2. The molecule has 1 N–H and O–H groups in total. The summed E-state index contributed by atoms with van der Waals surface area (Å²) in [5, 5.41) is 9.06. The van der Waals surface area contributed by atoms with Gasteiger partial charge in [-0.1, -0.05) is 25.8 Å². The molecule has 0 saturated heterocycles. The SMILES string of the molecule is C=CCC[C@@H](C(=O)O)N(C)S(=O)(=O)CCCCC. The summed E-state index contributed by atoms with van der Waals surface area (Å²) in [6, 6.07) is -1.00. The lowest BCUT2D eigenvalue weighted by Gasteiger charge is -2.23. The van der Waals surface area contributed by atoms with Crippen LogP contribution in [0.3, 0.4) is 0 Å². The summed E-state index contributed by atoms with van der Waals surface area (Å²) >= 11 is 0. The molecule has 6 heteroatoms. The number of carboxylic acids is 1. The van der Waals surface area contributed by atoms with E-state index in [1.807, 2.05) is 6.92 Å². The summed E-state index contributed by atoms with van der Waals surface area (Å²) in [5.74, 6) is -1.10. The molecular formula is C12H23NO4S. The first kappa shape index (κ1) is 17.1. The lowest BCUT2D eigenvalue weighted by atomic mass is 10.1. The molecule has 0 fully saturated rings. The average molecular weight is 277 g/mol. The molecule has 0 saturated carbocycles. The van der Waals surface area contributed by atoms with Gasteiger partial charge in [-0.3, -0.25) is 4.79 Å². The third-order valence-corrected chi connectivity index (χ3v) is 4.75. The van der Waals surface area contributed by atoms with Crippen molar-refractivity contribution in [1.29, 1.82) is 0 Å². The predicted octanol–water partition coefficient (Wildman–Crippen LogP) is 1.86. The number of aliphatic carboxylic acids is 1. The average Bonchev–Trinajstić information content (AvgIpc) is 2.29. The van der Waals surface area contributed by atoms with Crippen molar-refractivity contribution in [1.82, 2.24) is 4.31 Å². The molecular weight excluding hydrogens is 254 g/mol. The number of carboxylic acid groups (broad SMARTS) is 1. The van der Waals surface area contributed by atoms with Gasteiger partial charge in [0.05, 0.1) is 5.75 Å². The number of likely N-dealkylation sites (N-methyl/N-ethyl adjacent to an activating group) is 1. The van der Waals surface area contributed by atoms with Gasteiger partial charge in [-0.15, -0.1) is 6.58 Å². The molecule has 0 amide bonds. The van der Waals surface area contributed by atoms with Crippen molar-refractivity contribution in [3.05, 3.63) is 12.7 Å². The Kier molecular flexibility index (Phi) is 7.86. The molecule has 106 valence electrons. The van der Waals surface area contributed by atoms with Crippen LogP contribution in [0.4, 0.5) is 0 Å². The van der Waals surface area contributed by atoms with Crippen molar-refractivity contribution in [2.45, 2.75) is 45.1 Å². The van der Waals surface area contributed by atoms with Crippen LogP contribution in [0.1, 0.15) is 39.0 Å². The van der Waals surface area contributed by atoms with E-state index >= 15 is 0 Å². The van der Waals surface area contributed by atoms with Crippen molar-refractivity contribution in [2.24, 2.45) is 0 Å². The van der Waals surface area contributed by atoms with Gasteiger partial charge >= 0.3 is 5.97 Å². The van der Waals surface area contributed by atoms with Crippen LogP contribution in [0.5, 0.6) is 0 Å². The largest absolute Gasteiger partial charge is 0.480 e.